The van der Waals surface area contributed by atoms with Crippen molar-refractivity contribution < 1.29 is 9.59 Å². The third-order valence-electron chi connectivity index (χ3n) is 3.86. The van der Waals surface area contributed by atoms with Gasteiger partial charge in [-0.15, -0.1) is 0 Å². The van der Waals surface area contributed by atoms with Gasteiger partial charge < -0.3 is 10.6 Å². The molecule has 0 aliphatic rings. The first-order chi connectivity index (χ1) is 11.9. The van der Waals surface area contributed by atoms with Crippen molar-refractivity contribution in [3.63, 3.8) is 0 Å². The molecule has 0 radical (unpaired) electrons. The third kappa shape index (κ3) is 5.41. The highest BCUT2D eigenvalue weighted by Gasteiger charge is 2.13. The molecule has 2 aromatic rings. The van der Waals surface area contributed by atoms with E-state index in [-0.39, 0.29) is 23.2 Å². The van der Waals surface area contributed by atoms with Gasteiger partial charge in [0.1, 0.15) is 11.4 Å². The van der Waals surface area contributed by atoms with E-state index in [1.807, 2.05) is 32.0 Å². The first-order valence-electron chi connectivity index (χ1n) is 8.50. The van der Waals surface area contributed by atoms with Crippen LogP contribution < -0.4 is 10.6 Å². The summed E-state index contributed by atoms with van der Waals surface area (Å²) >= 11 is 0. The van der Waals surface area contributed by atoms with Crippen LogP contribution in [0, 0.1) is 19.8 Å². The number of hydrogen-bond acceptors (Lipinski definition) is 3. The quantitative estimate of drug-likeness (QED) is 0.842. The van der Waals surface area contributed by atoms with E-state index in [1.165, 1.54) is 0 Å². The van der Waals surface area contributed by atoms with E-state index in [4.69, 9.17) is 0 Å². The number of nitrogens with zero attached hydrogens (tertiary/aromatic N) is 1. The van der Waals surface area contributed by atoms with Crippen molar-refractivity contribution in [2.45, 2.75) is 34.1 Å². The Morgan fingerprint density at radius 2 is 1.72 bits per heavy atom. The number of aromatic nitrogens is 1. The summed E-state index contributed by atoms with van der Waals surface area (Å²) in [5, 5.41) is 5.69. The molecular weight excluding hydrogens is 314 g/mol. The average Bonchev–Trinajstić information content (AvgIpc) is 2.57. The minimum Gasteiger partial charge on any atom is -0.351 e. The molecule has 132 valence electrons. The number of carbonyl (C=O) groups is 2. The highest BCUT2D eigenvalue weighted by Crippen LogP contribution is 2.17. The molecule has 0 atom stereocenters. The highest BCUT2D eigenvalue weighted by molar-refractivity contribution is 6.04. The minimum absolute atomic E-state index is 0.220. The van der Waals surface area contributed by atoms with Gasteiger partial charge in [0.05, 0.1) is 0 Å². The van der Waals surface area contributed by atoms with Crippen molar-refractivity contribution in [2.24, 2.45) is 5.92 Å². The Hall–Kier alpha value is -2.69. The van der Waals surface area contributed by atoms with E-state index < -0.39 is 0 Å². The van der Waals surface area contributed by atoms with Crippen molar-refractivity contribution in [3.05, 3.63) is 58.9 Å². The van der Waals surface area contributed by atoms with Crippen LogP contribution in [-0.2, 0) is 0 Å². The fraction of sp³-hybridized carbons (Fsp3) is 0.350. The lowest BCUT2D eigenvalue weighted by Gasteiger charge is -2.10. The van der Waals surface area contributed by atoms with E-state index in [0.29, 0.717) is 12.5 Å². The van der Waals surface area contributed by atoms with Crippen molar-refractivity contribution in [2.75, 3.05) is 11.9 Å². The van der Waals surface area contributed by atoms with Crippen molar-refractivity contribution in [3.8, 4) is 0 Å². The summed E-state index contributed by atoms with van der Waals surface area (Å²) in [4.78, 5) is 28.8. The Balaban J connectivity index is 2.08. The number of amides is 2. The topological polar surface area (TPSA) is 71.1 Å². The third-order valence-corrected chi connectivity index (χ3v) is 3.86. The molecule has 0 aliphatic carbocycles. The first-order valence-corrected chi connectivity index (χ1v) is 8.50. The summed E-state index contributed by atoms with van der Waals surface area (Å²) in [5.41, 5.74) is 3.25. The predicted molar refractivity (Wildman–Crippen MR) is 99.9 cm³/mol. The molecule has 0 saturated heterocycles. The van der Waals surface area contributed by atoms with Crippen LogP contribution in [0.3, 0.4) is 0 Å². The number of pyridine rings is 1. The molecule has 25 heavy (non-hydrogen) atoms. The van der Waals surface area contributed by atoms with Gasteiger partial charge >= 0.3 is 0 Å². The summed E-state index contributed by atoms with van der Waals surface area (Å²) in [6, 6.07) is 10.7. The molecule has 0 fully saturated rings. The smallest absolute Gasteiger partial charge is 0.274 e. The van der Waals surface area contributed by atoms with Crippen LogP contribution in [0.25, 0.3) is 0 Å². The molecular formula is C20H25N3O2. The molecule has 0 spiro atoms. The van der Waals surface area contributed by atoms with Gasteiger partial charge in [-0.3, -0.25) is 9.59 Å². The molecule has 0 aliphatic heterocycles. The molecule has 5 nitrogen and oxygen atoms in total. The number of hydrogen-bond donors (Lipinski definition) is 2. The summed E-state index contributed by atoms with van der Waals surface area (Å²) in [6.07, 6.45) is 0.901. The Morgan fingerprint density at radius 1 is 1.04 bits per heavy atom. The zero-order valence-electron chi connectivity index (χ0n) is 15.2. The SMILES string of the molecule is Cc1ccc(C)c(NC(=O)c2cccc(C(=O)NCCC(C)C)n2)c1. The second kappa shape index (κ2) is 8.42. The molecule has 1 heterocycles. The van der Waals surface area contributed by atoms with E-state index in [0.717, 1.165) is 23.2 Å². The maximum absolute atomic E-state index is 12.5. The summed E-state index contributed by atoms with van der Waals surface area (Å²) < 4.78 is 0. The summed E-state index contributed by atoms with van der Waals surface area (Å²) in [7, 11) is 0. The fourth-order valence-corrected chi connectivity index (χ4v) is 2.31. The second-order valence-corrected chi connectivity index (χ2v) is 6.62. The second-order valence-electron chi connectivity index (χ2n) is 6.62. The number of benzene rings is 1. The lowest BCUT2D eigenvalue weighted by molar-refractivity contribution is 0.0947. The van der Waals surface area contributed by atoms with Crippen LogP contribution in [0.4, 0.5) is 5.69 Å². The first kappa shape index (κ1) is 18.6. The van der Waals surface area contributed by atoms with Crippen LogP contribution in [0.1, 0.15) is 52.4 Å². The van der Waals surface area contributed by atoms with Gasteiger partial charge in [0.25, 0.3) is 11.8 Å². The van der Waals surface area contributed by atoms with Gasteiger partial charge in [-0.1, -0.05) is 32.0 Å². The molecule has 1 aromatic carbocycles. The maximum Gasteiger partial charge on any atom is 0.274 e. The van der Waals surface area contributed by atoms with E-state index in [9.17, 15) is 9.59 Å². The Morgan fingerprint density at radius 3 is 2.40 bits per heavy atom. The van der Waals surface area contributed by atoms with Gasteiger partial charge in [-0.2, -0.15) is 0 Å². The van der Waals surface area contributed by atoms with Crippen LogP contribution in [0.5, 0.6) is 0 Å². The lowest BCUT2D eigenvalue weighted by Crippen LogP contribution is -2.27. The Kier molecular flexibility index (Phi) is 6.28. The van der Waals surface area contributed by atoms with Crippen LogP contribution in [0.2, 0.25) is 0 Å². The summed E-state index contributed by atoms with van der Waals surface area (Å²) in [6.45, 7) is 8.69. The van der Waals surface area contributed by atoms with Crippen molar-refractivity contribution in [1.82, 2.24) is 10.3 Å². The number of rotatable bonds is 6. The predicted octanol–water partition coefficient (Wildman–Crippen LogP) is 3.73. The molecule has 0 saturated carbocycles. The Bertz CT molecular complexity index is 769. The van der Waals surface area contributed by atoms with Crippen LogP contribution in [0.15, 0.2) is 36.4 Å². The summed E-state index contributed by atoms with van der Waals surface area (Å²) in [5.74, 6) is -0.0736. The monoisotopic (exact) mass is 339 g/mol. The molecule has 2 rings (SSSR count). The molecule has 0 bridgehead atoms. The van der Waals surface area contributed by atoms with Crippen LogP contribution in [-0.4, -0.2) is 23.3 Å². The van der Waals surface area contributed by atoms with Gasteiger partial charge in [0, 0.05) is 12.2 Å². The fourth-order valence-electron chi connectivity index (χ4n) is 2.31. The van der Waals surface area contributed by atoms with Gasteiger partial charge in [-0.05, 0) is 55.5 Å². The van der Waals surface area contributed by atoms with E-state index in [2.05, 4.69) is 29.5 Å². The van der Waals surface area contributed by atoms with Gasteiger partial charge in [-0.25, -0.2) is 4.98 Å². The highest BCUT2D eigenvalue weighted by atomic mass is 16.2. The largest absolute Gasteiger partial charge is 0.351 e. The van der Waals surface area contributed by atoms with Crippen LogP contribution >= 0.6 is 0 Å². The zero-order chi connectivity index (χ0) is 18.4. The average molecular weight is 339 g/mol. The zero-order valence-corrected chi connectivity index (χ0v) is 15.2. The molecule has 1 aromatic heterocycles. The van der Waals surface area contributed by atoms with Gasteiger partial charge in [0.15, 0.2) is 0 Å². The maximum atomic E-state index is 12.5. The van der Waals surface area contributed by atoms with Crippen molar-refractivity contribution >= 4 is 17.5 Å². The lowest BCUT2D eigenvalue weighted by atomic mass is 10.1. The standard InChI is InChI=1S/C20H25N3O2/c1-13(2)10-11-21-19(24)16-6-5-7-17(22-16)20(25)23-18-12-14(3)8-9-15(18)4/h5-9,12-13H,10-11H2,1-4H3,(H,21,24)(H,23,25). The normalized spacial score (nSPS) is 10.6. The number of carbonyl (C=O) groups excluding carboxylic acids is 2. The van der Waals surface area contributed by atoms with E-state index in [1.54, 1.807) is 18.2 Å². The van der Waals surface area contributed by atoms with E-state index >= 15 is 0 Å². The molecule has 0 unspecified atom stereocenters. The molecule has 2 N–H and O–H groups in total. The minimum atomic E-state index is -0.328. The number of aryl methyl sites for hydroxylation is 2. The Labute approximate surface area is 148 Å². The molecule has 5 heteroatoms. The number of nitrogens with one attached hydrogen (secondary N) is 2. The van der Waals surface area contributed by atoms with Crippen molar-refractivity contribution in [1.29, 1.82) is 0 Å². The molecule has 2 amide bonds. The van der Waals surface area contributed by atoms with Gasteiger partial charge in [0.2, 0.25) is 0 Å². The number of anilines is 1.